The number of sulfone groups is 1. The topological polar surface area (TPSA) is 66.5 Å². The molecular formula is C13H24N2O3S. The van der Waals surface area contributed by atoms with Crippen LogP contribution in [0, 0.1) is 5.41 Å². The molecule has 19 heavy (non-hydrogen) atoms. The van der Waals surface area contributed by atoms with Crippen molar-refractivity contribution in [1.82, 2.24) is 10.2 Å². The molecule has 0 aromatic rings. The van der Waals surface area contributed by atoms with Gasteiger partial charge in [-0.1, -0.05) is 0 Å². The molecule has 0 radical (unpaired) electrons. The molecule has 110 valence electrons. The van der Waals surface area contributed by atoms with E-state index in [9.17, 15) is 13.2 Å². The first-order valence-electron chi connectivity index (χ1n) is 7.02. The molecule has 0 aliphatic carbocycles. The molecule has 1 spiro atoms. The fourth-order valence-electron chi connectivity index (χ4n) is 3.10. The molecule has 0 aromatic heterocycles. The van der Waals surface area contributed by atoms with E-state index >= 15 is 0 Å². The van der Waals surface area contributed by atoms with Crippen molar-refractivity contribution in [1.29, 1.82) is 0 Å². The van der Waals surface area contributed by atoms with Gasteiger partial charge in [-0.3, -0.25) is 4.79 Å². The van der Waals surface area contributed by atoms with E-state index in [-0.39, 0.29) is 5.91 Å². The van der Waals surface area contributed by atoms with Gasteiger partial charge in [0.05, 0.1) is 0 Å². The zero-order valence-electron chi connectivity index (χ0n) is 11.8. The third-order valence-electron chi connectivity index (χ3n) is 4.79. The molecule has 6 heteroatoms. The van der Waals surface area contributed by atoms with Gasteiger partial charge in [-0.05, 0) is 51.1 Å². The monoisotopic (exact) mass is 288 g/mol. The summed E-state index contributed by atoms with van der Waals surface area (Å²) in [5.41, 5.74) is 0.385. The van der Waals surface area contributed by atoms with Gasteiger partial charge in [-0.2, -0.15) is 0 Å². The lowest BCUT2D eigenvalue weighted by molar-refractivity contribution is -0.133. The van der Waals surface area contributed by atoms with Crippen molar-refractivity contribution in [3.8, 4) is 0 Å². The van der Waals surface area contributed by atoms with Crippen LogP contribution in [0.5, 0.6) is 0 Å². The van der Waals surface area contributed by atoms with Gasteiger partial charge < -0.3 is 10.2 Å². The number of carbonyl (C=O) groups excluding carboxylic acids is 1. The molecule has 1 amide bonds. The largest absolute Gasteiger partial charge is 0.342 e. The number of likely N-dealkylation sites (tertiary alicyclic amines) is 1. The number of amides is 1. The zero-order valence-corrected chi connectivity index (χ0v) is 12.6. The second-order valence-electron chi connectivity index (χ2n) is 6.05. The van der Waals surface area contributed by atoms with Gasteiger partial charge in [0.2, 0.25) is 5.91 Å². The molecule has 5 nitrogen and oxygen atoms in total. The first kappa shape index (κ1) is 14.8. The fraction of sp³-hybridized carbons (Fsp3) is 0.923. The van der Waals surface area contributed by atoms with Crippen LogP contribution in [0.4, 0.5) is 0 Å². The van der Waals surface area contributed by atoms with Crippen LogP contribution in [0.15, 0.2) is 0 Å². The van der Waals surface area contributed by atoms with E-state index in [0.717, 1.165) is 32.2 Å². The van der Waals surface area contributed by atoms with Crippen LogP contribution in [-0.4, -0.2) is 56.9 Å². The maximum Gasteiger partial charge on any atom is 0.240 e. The van der Waals surface area contributed by atoms with Crippen LogP contribution in [0.3, 0.4) is 0 Å². The average molecular weight is 288 g/mol. The Kier molecular flexibility index (Phi) is 4.20. The minimum Gasteiger partial charge on any atom is -0.342 e. The van der Waals surface area contributed by atoms with Gasteiger partial charge in [0.15, 0.2) is 9.84 Å². The lowest BCUT2D eigenvalue weighted by Crippen LogP contribution is -2.50. The van der Waals surface area contributed by atoms with Gasteiger partial charge >= 0.3 is 0 Å². The summed E-state index contributed by atoms with van der Waals surface area (Å²) in [6.07, 6.45) is 5.51. The van der Waals surface area contributed by atoms with Crippen molar-refractivity contribution < 1.29 is 13.2 Å². The van der Waals surface area contributed by atoms with Crippen molar-refractivity contribution in [3.63, 3.8) is 0 Å². The van der Waals surface area contributed by atoms with Crippen molar-refractivity contribution >= 4 is 15.7 Å². The Labute approximate surface area is 115 Å². The standard InChI is InChI=1S/C13H24N2O3S/c1-11(19(2,17)18)12(16)15-9-5-13(6-10-15)3-7-14-8-4-13/h11,14H,3-10H2,1-2H3. The highest BCUT2D eigenvalue weighted by Crippen LogP contribution is 2.39. The second-order valence-corrected chi connectivity index (χ2v) is 8.41. The number of carbonyl (C=O) groups is 1. The first-order chi connectivity index (χ1) is 8.84. The summed E-state index contributed by atoms with van der Waals surface area (Å²) in [4.78, 5) is 13.9. The Morgan fingerprint density at radius 1 is 1.16 bits per heavy atom. The van der Waals surface area contributed by atoms with Crippen LogP contribution < -0.4 is 5.32 Å². The molecule has 0 aromatic carbocycles. The molecule has 1 atom stereocenters. The molecule has 0 bridgehead atoms. The Balaban J connectivity index is 1.94. The highest BCUT2D eigenvalue weighted by atomic mass is 32.2. The number of rotatable bonds is 2. The SMILES string of the molecule is CC(C(=O)N1CCC2(CCNCC2)CC1)S(C)(=O)=O. The van der Waals surface area contributed by atoms with Crippen LogP contribution in [0.25, 0.3) is 0 Å². The summed E-state index contributed by atoms with van der Waals surface area (Å²) in [5.74, 6) is -0.230. The van der Waals surface area contributed by atoms with E-state index in [2.05, 4.69) is 5.32 Å². The molecule has 2 aliphatic heterocycles. The van der Waals surface area contributed by atoms with Crippen LogP contribution in [-0.2, 0) is 14.6 Å². The predicted octanol–water partition coefficient (Wildman–Crippen LogP) is 0.412. The van der Waals surface area contributed by atoms with E-state index < -0.39 is 15.1 Å². The summed E-state index contributed by atoms with van der Waals surface area (Å²) >= 11 is 0. The van der Waals surface area contributed by atoms with Gasteiger partial charge in [0.25, 0.3) is 0 Å². The van der Waals surface area contributed by atoms with Gasteiger partial charge in [0.1, 0.15) is 5.25 Å². The maximum atomic E-state index is 12.2. The van der Waals surface area contributed by atoms with Crippen molar-refractivity contribution in [2.45, 2.75) is 37.9 Å². The summed E-state index contributed by atoms with van der Waals surface area (Å²) in [6, 6.07) is 0. The van der Waals surface area contributed by atoms with Crippen LogP contribution >= 0.6 is 0 Å². The van der Waals surface area contributed by atoms with E-state index in [0.29, 0.717) is 18.5 Å². The quantitative estimate of drug-likeness (QED) is 0.799. The van der Waals surface area contributed by atoms with Crippen molar-refractivity contribution in [2.75, 3.05) is 32.4 Å². The molecule has 2 aliphatic rings. The summed E-state index contributed by atoms with van der Waals surface area (Å²) in [5, 5.41) is 2.46. The van der Waals surface area contributed by atoms with E-state index in [4.69, 9.17) is 0 Å². The molecule has 1 N–H and O–H groups in total. The number of hydrogen-bond donors (Lipinski definition) is 1. The van der Waals surface area contributed by atoms with E-state index in [1.54, 1.807) is 4.90 Å². The Morgan fingerprint density at radius 2 is 1.68 bits per heavy atom. The van der Waals surface area contributed by atoms with Gasteiger partial charge in [-0.25, -0.2) is 8.42 Å². The Bertz CT molecular complexity index is 431. The Hall–Kier alpha value is -0.620. The van der Waals surface area contributed by atoms with Crippen molar-refractivity contribution in [3.05, 3.63) is 0 Å². The third kappa shape index (κ3) is 3.28. The van der Waals surface area contributed by atoms with Gasteiger partial charge in [0, 0.05) is 19.3 Å². The smallest absolute Gasteiger partial charge is 0.240 e. The average Bonchev–Trinajstić information content (AvgIpc) is 2.38. The van der Waals surface area contributed by atoms with Gasteiger partial charge in [-0.15, -0.1) is 0 Å². The lowest BCUT2D eigenvalue weighted by atomic mass is 9.71. The zero-order chi connectivity index (χ0) is 14.1. The molecule has 1 unspecified atom stereocenters. The molecular weight excluding hydrogens is 264 g/mol. The minimum absolute atomic E-state index is 0.230. The molecule has 2 heterocycles. The summed E-state index contributed by atoms with van der Waals surface area (Å²) in [6.45, 7) is 5.03. The fourth-order valence-corrected chi connectivity index (χ4v) is 3.61. The number of nitrogens with zero attached hydrogens (tertiary/aromatic N) is 1. The third-order valence-corrected chi connectivity index (χ3v) is 6.28. The summed E-state index contributed by atoms with van der Waals surface area (Å²) < 4.78 is 22.9. The second kappa shape index (κ2) is 5.40. The van der Waals surface area contributed by atoms with E-state index in [1.807, 2.05) is 0 Å². The maximum absolute atomic E-state index is 12.2. The predicted molar refractivity (Wildman–Crippen MR) is 74.7 cm³/mol. The van der Waals surface area contributed by atoms with E-state index in [1.165, 1.54) is 19.8 Å². The van der Waals surface area contributed by atoms with Crippen molar-refractivity contribution in [2.24, 2.45) is 5.41 Å². The lowest BCUT2D eigenvalue weighted by Gasteiger charge is -2.44. The molecule has 2 fully saturated rings. The first-order valence-corrected chi connectivity index (χ1v) is 8.98. The number of hydrogen-bond acceptors (Lipinski definition) is 4. The molecule has 2 saturated heterocycles. The normalized spacial score (nSPS) is 25.3. The summed E-state index contributed by atoms with van der Waals surface area (Å²) in [7, 11) is -3.29. The molecule has 2 rings (SSSR count). The highest BCUT2D eigenvalue weighted by molar-refractivity contribution is 7.92. The highest BCUT2D eigenvalue weighted by Gasteiger charge is 2.38. The minimum atomic E-state index is -3.29. The molecule has 0 saturated carbocycles. The number of piperidine rings is 2. The Morgan fingerprint density at radius 3 is 2.16 bits per heavy atom. The van der Waals surface area contributed by atoms with Crippen LogP contribution in [0.1, 0.15) is 32.6 Å². The van der Waals surface area contributed by atoms with Crippen LogP contribution in [0.2, 0.25) is 0 Å². The number of nitrogens with one attached hydrogen (secondary N) is 1.